The molecule has 3 N–H and O–H groups in total. The van der Waals surface area contributed by atoms with E-state index in [9.17, 15) is 19.8 Å². The molecule has 0 aromatic heterocycles. The molecule has 146 valence electrons. The average Bonchev–Trinajstić information content (AvgIpc) is 2.53. The highest BCUT2D eigenvalue weighted by Gasteiger charge is 2.34. The molecule has 4 atom stereocenters. The zero-order chi connectivity index (χ0) is 19.2. The second-order valence-corrected chi connectivity index (χ2v) is 8.44. The Bertz CT molecular complexity index is 449. The zero-order valence-corrected chi connectivity index (χ0v) is 16.2. The number of ether oxygens (including phenoxy) is 1. The second kappa shape index (κ2) is 9.53. The zero-order valence-electron chi connectivity index (χ0n) is 16.2. The number of esters is 1. The Morgan fingerprint density at radius 2 is 1.92 bits per heavy atom. The van der Waals surface area contributed by atoms with Crippen LogP contribution in [0.3, 0.4) is 0 Å². The summed E-state index contributed by atoms with van der Waals surface area (Å²) in [6.07, 6.45) is 1.85. The van der Waals surface area contributed by atoms with Gasteiger partial charge in [0.05, 0.1) is 13.0 Å². The molecule has 6 heteroatoms. The first-order valence-corrected chi connectivity index (χ1v) is 9.34. The van der Waals surface area contributed by atoms with Gasteiger partial charge in [-0.1, -0.05) is 41.0 Å². The van der Waals surface area contributed by atoms with Crippen molar-refractivity contribution in [1.82, 2.24) is 5.32 Å². The number of aliphatic hydroxyl groups is 2. The van der Waals surface area contributed by atoms with Crippen LogP contribution in [0.2, 0.25) is 0 Å². The van der Waals surface area contributed by atoms with E-state index in [-0.39, 0.29) is 31.6 Å². The normalized spacial score (nSPS) is 25.5. The molecular formula is C19H35NO5. The lowest BCUT2D eigenvalue weighted by atomic mass is 9.75. The Kier molecular flexibility index (Phi) is 8.35. The molecule has 0 heterocycles. The van der Waals surface area contributed by atoms with Crippen molar-refractivity contribution in [3.05, 3.63) is 0 Å². The van der Waals surface area contributed by atoms with Crippen LogP contribution in [0, 0.1) is 23.2 Å². The SMILES string of the molecule is CC1CCC(C(C)C)C(OC(=O)CCNC(=O)[C@H](O)C(C)(C)CO)C1. The van der Waals surface area contributed by atoms with Crippen molar-refractivity contribution in [3.8, 4) is 0 Å². The summed E-state index contributed by atoms with van der Waals surface area (Å²) in [5, 5.41) is 21.6. The van der Waals surface area contributed by atoms with Crippen LogP contribution in [0.1, 0.15) is 60.3 Å². The Morgan fingerprint density at radius 3 is 2.48 bits per heavy atom. The molecule has 1 fully saturated rings. The fraction of sp³-hybridized carbons (Fsp3) is 0.895. The number of amides is 1. The Morgan fingerprint density at radius 1 is 1.28 bits per heavy atom. The van der Waals surface area contributed by atoms with Gasteiger partial charge < -0.3 is 20.3 Å². The fourth-order valence-corrected chi connectivity index (χ4v) is 3.30. The van der Waals surface area contributed by atoms with Crippen molar-refractivity contribution in [2.24, 2.45) is 23.2 Å². The molecule has 0 aromatic rings. The summed E-state index contributed by atoms with van der Waals surface area (Å²) in [4.78, 5) is 24.0. The molecule has 1 aliphatic carbocycles. The predicted molar refractivity (Wildman–Crippen MR) is 95.7 cm³/mol. The van der Waals surface area contributed by atoms with Gasteiger partial charge in [0.25, 0.3) is 0 Å². The standard InChI is InChI=1S/C19H35NO5/c1-12(2)14-7-6-13(3)10-15(14)25-16(22)8-9-20-18(24)17(23)19(4,5)11-21/h12-15,17,21,23H,6-11H2,1-5H3,(H,20,24)/t13?,14?,15?,17-/m0/s1. The van der Waals surface area contributed by atoms with Crippen LogP contribution >= 0.6 is 0 Å². The lowest BCUT2D eigenvalue weighted by Gasteiger charge is -2.36. The van der Waals surface area contributed by atoms with E-state index >= 15 is 0 Å². The van der Waals surface area contributed by atoms with Crippen molar-refractivity contribution in [2.45, 2.75) is 72.5 Å². The van der Waals surface area contributed by atoms with Gasteiger partial charge in [-0.3, -0.25) is 9.59 Å². The molecule has 1 rings (SSSR count). The van der Waals surface area contributed by atoms with E-state index in [1.807, 2.05) is 0 Å². The summed E-state index contributed by atoms with van der Waals surface area (Å²) in [6, 6.07) is 0. The first kappa shape index (κ1) is 21.9. The fourth-order valence-electron chi connectivity index (χ4n) is 3.30. The van der Waals surface area contributed by atoms with Gasteiger partial charge in [-0.25, -0.2) is 0 Å². The van der Waals surface area contributed by atoms with Gasteiger partial charge in [0.1, 0.15) is 12.2 Å². The summed E-state index contributed by atoms with van der Waals surface area (Å²) in [5.74, 6) is 0.519. The van der Waals surface area contributed by atoms with E-state index in [1.165, 1.54) is 6.42 Å². The lowest BCUT2D eigenvalue weighted by molar-refractivity contribution is -0.155. The van der Waals surface area contributed by atoms with E-state index in [0.717, 1.165) is 12.8 Å². The van der Waals surface area contributed by atoms with E-state index in [2.05, 4.69) is 26.1 Å². The number of hydrogen-bond acceptors (Lipinski definition) is 5. The molecule has 0 aromatic carbocycles. The maximum absolute atomic E-state index is 12.1. The van der Waals surface area contributed by atoms with Crippen LogP contribution in [-0.2, 0) is 14.3 Å². The molecular weight excluding hydrogens is 322 g/mol. The van der Waals surface area contributed by atoms with Crippen molar-refractivity contribution in [2.75, 3.05) is 13.2 Å². The highest BCUT2D eigenvalue weighted by molar-refractivity contribution is 5.81. The van der Waals surface area contributed by atoms with Gasteiger partial charge in [0.2, 0.25) is 5.91 Å². The molecule has 1 saturated carbocycles. The summed E-state index contributed by atoms with van der Waals surface area (Å²) in [7, 11) is 0. The number of carbonyl (C=O) groups is 2. The Hall–Kier alpha value is -1.14. The van der Waals surface area contributed by atoms with Gasteiger partial charge in [0, 0.05) is 12.0 Å². The molecule has 0 saturated heterocycles. The third-order valence-corrected chi connectivity index (χ3v) is 5.27. The third-order valence-electron chi connectivity index (χ3n) is 5.27. The molecule has 1 aliphatic rings. The van der Waals surface area contributed by atoms with Gasteiger partial charge in [-0.05, 0) is 30.6 Å². The minimum atomic E-state index is -1.32. The first-order chi connectivity index (χ1) is 11.6. The second-order valence-electron chi connectivity index (χ2n) is 8.44. The highest BCUT2D eigenvalue weighted by atomic mass is 16.5. The Labute approximate surface area is 151 Å². The lowest BCUT2D eigenvalue weighted by Crippen LogP contribution is -2.46. The molecule has 0 spiro atoms. The molecule has 0 bridgehead atoms. The highest BCUT2D eigenvalue weighted by Crippen LogP contribution is 2.35. The van der Waals surface area contributed by atoms with Gasteiger partial charge in [-0.15, -0.1) is 0 Å². The number of hydrogen-bond donors (Lipinski definition) is 3. The van der Waals surface area contributed by atoms with Crippen LogP contribution in [0.5, 0.6) is 0 Å². The minimum Gasteiger partial charge on any atom is -0.462 e. The molecule has 3 unspecified atom stereocenters. The molecule has 0 aliphatic heterocycles. The number of aliphatic hydroxyl groups excluding tert-OH is 2. The average molecular weight is 357 g/mol. The Balaban J connectivity index is 2.42. The van der Waals surface area contributed by atoms with Crippen LogP contribution in [0.4, 0.5) is 0 Å². The molecule has 6 nitrogen and oxygen atoms in total. The van der Waals surface area contributed by atoms with Crippen molar-refractivity contribution < 1.29 is 24.5 Å². The van der Waals surface area contributed by atoms with E-state index < -0.39 is 17.4 Å². The van der Waals surface area contributed by atoms with Crippen molar-refractivity contribution in [1.29, 1.82) is 0 Å². The summed E-state index contributed by atoms with van der Waals surface area (Å²) < 4.78 is 5.67. The molecule has 25 heavy (non-hydrogen) atoms. The van der Waals surface area contributed by atoms with Gasteiger partial charge in [-0.2, -0.15) is 0 Å². The van der Waals surface area contributed by atoms with Crippen LogP contribution in [-0.4, -0.2) is 47.4 Å². The summed E-state index contributed by atoms with van der Waals surface area (Å²) in [6.45, 7) is 9.51. The van der Waals surface area contributed by atoms with Crippen LogP contribution in [0.25, 0.3) is 0 Å². The monoisotopic (exact) mass is 357 g/mol. The quantitative estimate of drug-likeness (QED) is 0.577. The third kappa shape index (κ3) is 6.59. The number of rotatable bonds is 8. The van der Waals surface area contributed by atoms with Crippen molar-refractivity contribution in [3.63, 3.8) is 0 Å². The van der Waals surface area contributed by atoms with E-state index in [1.54, 1.807) is 13.8 Å². The van der Waals surface area contributed by atoms with Gasteiger partial charge >= 0.3 is 5.97 Å². The van der Waals surface area contributed by atoms with Crippen molar-refractivity contribution >= 4 is 11.9 Å². The largest absolute Gasteiger partial charge is 0.462 e. The van der Waals surface area contributed by atoms with E-state index in [4.69, 9.17) is 4.74 Å². The van der Waals surface area contributed by atoms with E-state index in [0.29, 0.717) is 17.8 Å². The summed E-state index contributed by atoms with van der Waals surface area (Å²) >= 11 is 0. The number of carbonyl (C=O) groups excluding carboxylic acids is 2. The maximum atomic E-state index is 12.1. The minimum absolute atomic E-state index is 0.0501. The smallest absolute Gasteiger partial charge is 0.307 e. The topological polar surface area (TPSA) is 95.9 Å². The summed E-state index contributed by atoms with van der Waals surface area (Å²) in [5.41, 5.74) is -0.923. The predicted octanol–water partition coefficient (Wildman–Crippen LogP) is 1.88. The van der Waals surface area contributed by atoms with Crippen LogP contribution in [0.15, 0.2) is 0 Å². The molecule has 1 amide bonds. The van der Waals surface area contributed by atoms with Crippen LogP contribution < -0.4 is 5.32 Å². The molecule has 0 radical (unpaired) electrons. The first-order valence-electron chi connectivity index (χ1n) is 9.34. The van der Waals surface area contributed by atoms with Gasteiger partial charge in [0.15, 0.2) is 0 Å². The maximum Gasteiger partial charge on any atom is 0.307 e. The number of nitrogens with one attached hydrogen (secondary N) is 1.